The molecule has 1 heterocycles. The van der Waals surface area contributed by atoms with Crippen LogP contribution in [0, 0.1) is 5.92 Å². The van der Waals surface area contributed by atoms with E-state index in [-0.39, 0.29) is 5.79 Å². The van der Waals surface area contributed by atoms with E-state index in [1.54, 1.807) is 0 Å². The molecule has 2 rings (SSSR count). The van der Waals surface area contributed by atoms with Crippen LogP contribution in [-0.4, -0.2) is 19.0 Å². The molecule has 13 heavy (non-hydrogen) atoms. The first-order valence-corrected chi connectivity index (χ1v) is 5.18. The van der Waals surface area contributed by atoms with Crippen molar-refractivity contribution >= 4 is 0 Å². The second kappa shape index (κ2) is 3.43. The van der Waals surface area contributed by atoms with Crippen LogP contribution in [-0.2, 0) is 9.47 Å². The van der Waals surface area contributed by atoms with E-state index in [9.17, 15) is 0 Å². The van der Waals surface area contributed by atoms with Crippen LogP contribution in [0.5, 0.6) is 0 Å². The number of rotatable bonds is 1. The molecular formula is C11H18O2. The Labute approximate surface area is 79.9 Å². The van der Waals surface area contributed by atoms with Crippen molar-refractivity contribution < 1.29 is 9.47 Å². The van der Waals surface area contributed by atoms with Gasteiger partial charge in [-0.3, -0.25) is 0 Å². The summed E-state index contributed by atoms with van der Waals surface area (Å²) in [5, 5.41) is 0. The van der Waals surface area contributed by atoms with Crippen molar-refractivity contribution in [1.29, 1.82) is 0 Å². The van der Waals surface area contributed by atoms with Crippen molar-refractivity contribution in [2.75, 3.05) is 13.2 Å². The summed E-state index contributed by atoms with van der Waals surface area (Å²) in [6.07, 6.45) is 4.73. The Bertz CT molecular complexity index is 204. The average molecular weight is 182 g/mol. The molecule has 1 spiro atoms. The van der Waals surface area contributed by atoms with Gasteiger partial charge in [-0.25, -0.2) is 0 Å². The predicted octanol–water partition coefficient (Wildman–Crippen LogP) is 2.50. The highest BCUT2D eigenvalue weighted by Crippen LogP contribution is 2.43. The molecule has 1 aliphatic carbocycles. The molecule has 1 saturated carbocycles. The summed E-state index contributed by atoms with van der Waals surface area (Å²) in [5.41, 5.74) is 1.21. The Kier molecular flexibility index (Phi) is 2.43. The molecule has 2 aliphatic rings. The van der Waals surface area contributed by atoms with Gasteiger partial charge in [0.05, 0.1) is 13.2 Å². The van der Waals surface area contributed by atoms with Gasteiger partial charge in [-0.1, -0.05) is 18.6 Å². The molecule has 1 saturated heterocycles. The molecule has 1 atom stereocenters. The fourth-order valence-electron chi connectivity index (χ4n) is 2.55. The van der Waals surface area contributed by atoms with E-state index in [0.29, 0.717) is 5.92 Å². The van der Waals surface area contributed by atoms with E-state index in [4.69, 9.17) is 9.47 Å². The van der Waals surface area contributed by atoms with Crippen molar-refractivity contribution in [3.63, 3.8) is 0 Å². The van der Waals surface area contributed by atoms with Gasteiger partial charge in [0.1, 0.15) is 0 Å². The van der Waals surface area contributed by atoms with Crippen LogP contribution in [0.25, 0.3) is 0 Å². The zero-order chi connectivity index (χ0) is 9.31. The van der Waals surface area contributed by atoms with Crippen LogP contribution in [0.2, 0.25) is 0 Å². The summed E-state index contributed by atoms with van der Waals surface area (Å²) in [6, 6.07) is 0. The lowest BCUT2D eigenvalue weighted by molar-refractivity contribution is -0.202. The third kappa shape index (κ3) is 1.53. The molecule has 1 unspecified atom stereocenters. The lowest BCUT2D eigenvalue weighted by atomic mass is 9.79. The summed E-state index contributed by atoms with van der Waals surface area (Å²) in [7, 11) is 0. The van der Waals surface area contributed by atoms with Gasteiger partial charge in [0.25, 0.3) is 0 Å². The van der Waals surface area contributed by atoms with Crippen molar-refractivity contribution in [2.45, 2.75) is 38.4 Å². The third-order valence-corrected chi connectivity index (χ3v) is 3.17. The normalized spacial score (nSPS) is 32.2. The fourth-order valence-corrected chi connectivity index (χ4v) is 2.55. The van der Waals surface area contributed by atoms with Crippen molar-refractivity contribution in [3.8, 4) is 0 Å². The average Bonchev–Trinajstić information content (AvgIpc) is 2.54. The van der Waals surface area contributed by atoms with Gasteiger partial charge in [0.15, 0.2) is 5.79 Å². The molecule has 0 radical (unpaired) electrons. The monoisotopic (exact) mass is 182 g/mol. The van der Waals surface area contributed by atoms with E-state index in [0.717, 1.165) is 19.6 Å². The lowest BCUT2D eigenvalue weighted by Gasteiger charge is -2.39. The maximum atomic E-state index is 5.77. The van der Waals surface area contributed by atoms with Crippen LogP contribution in [0.3, 0.4) is 0 Å². The van der Waals surface area contributed by atoms with Gasteiger partial charge in [-0.2, -0.15) is 0 Å². The third-order valence-electron chi connectivity index (χ3n) is 3.17. The van der Waals surface area contributed by atoms with E-state index >= 15 is 0 Å². The molecule has 2 nitrogen and oxygen atoms in total. The Balaban J connectivity index is 2.16. The second-order valence-electron chi connectivity index (χ2n) is 4.15. The molecule has 0 aromatic heterocycles. The molecule has 0 aromatic carbocycles. The van der Waals surface area contributed by atoms with Gasteiger partial charge in [0, 0.05) is 12.3 Å². The Morgan fingerprint density at radius 1 is 1.31 bits per heavy atom. The highest BCUT2D eigenvalue weighted by molar-refractivity contribution is 5.05. The molecular weight excluding hydrogens is 164 g/mol. The predicted molar refractivity (Wildman–Crippen MR) is 51.4 cm³/mol. The van der Waals surface area contributed by atoms with E-state index in [1.807, 2.05) is 0 Å². The highest BCUT2D eigenvalue weighted by Gasteiger charge is 2.45. The lowest BCUT2D eigenvalue weighted by Crippen LogP contribution is -2.42. The van der Waals surface area contributed by atoms with Crippen LogP contribution in [0.15, 0.2) is 12.2 Å². The van der Waals surface area contributed by atoms with Crippen LogP contribution < -0.4 is 0 Å². The van der Waals surface area contributed by atoms with Crippen LogP contribution in [0.1, 0.15) is 32.6 Å². The quantitative estimate of drug-likeness (QED) is 0.580. The van der Waals surface area contributed by atoms with Crippen LogP contribution >= 0.6 is 0 Å². The first-order valence-electron chi connectivity index (χ1n) is 5.18. The van der Waals surface area contributed by atoms with Gasteiger partial charge >= 0.3 is 0 Å². The Morgan fingerprint density at radius 2 is 2.00 bits per heavy atom. The van der Waals surface area contributed by atoms with Gasteiger partial charge in [-0.05, 0) is 19.8 Å². The first kappa shape index (κ1) is 9.22. The molecule has 1 aliphatic heterocycles. The minimum atomic E-state index is -0.288. The standard InChI is InChI=1S/C11H18O2/c1-9(2)10-5-3-4-6-11(10)12-7-8-13-11/h10H,1,3-8H2,2H3. The zero-order valence-corrected chi connectivity index (χ0v) is 8.34. The minimum absolute atomic E-state index is 0.288. The number of hydrogen-bond acceptors (Lipinski definition) is 2. The second-order valence-corrected chi connectivity index (χ2v) is 4.15. The van der Waals surface area contributed by atoms with Gasteiger partial charge < -0.3 is 9.47 Å². The highest BCUT2D eigenvalue weighted by atomic mass is 16.7. The van der Waals surface area contributed by atoms with Gasteiger partial charge in [-0.15, -0.1) is 0 Å². The maximum absolute atomic E-state index is 5.77. The van der Waals surface area contributed by atoms with Crippen LogP contribution in [0.4, 0.5) is 0 Å². The molecule has 0 N–H and O–H groups in total. The van der Waals surface area contributed by atoms with Gasteiger partial charge in [0.2, 0.25) is 0 Å². The molecule has 74 valence electrons. The summed E-state index contributed by atoms with van der Waals surface area (Å²) >= 11 is 0. The minimum Gasteiger partial charge on any atom is -0.347 e. The molecule has 0 bridgehead atoms. The zero-order valence-electron chi connectivity index (χ0n) is 8.34. The largest absolute Gasteiger partial charge is 0.347 e. The van der Waals surface area contributed by atoms with E-state index in [1.165, 1.54) is 24.8 Å². The molecule has 2 heteroatoms. The molecule has 0 aromatic rings. The number of ether oxygens (including phenoxy) is 2. The first-order chi connectivity index (χ1) is 6.25. The Morgan fingerprint density at radius 3 is 2.62 bits per heavy atom. The van der Waals surface area contributed by atoms with E-state index in [2.05, 4.69) is 13.5 Å². The summed E-state index contributed by atoms with van der Waals surface area (Å²) in [4.78, 5) is 0. The smallest absolute Gasteiger partial charge is 0.174 e. The number of hydrogen-bond donors (Lipinski definition) is 0. The van der Waals surface area contributed by atoms with Crippen molar-refractivity contribution in [1.82, 2.24) is 0 Å². The van der Waals surface area contributed by atoms with E-state index < -0.39 is 0 Å². The maximum Gasteiger partial charge on any atom is 0.174 e. The SMILES string of the molecule is C=C(C)C1CCCCC12OCCO2. The topological polar surface area (TPSA) is 18.5 Å². The summed E-state index contributed by atoms with van der Waals surface area (Å²) < 4.78 is 11.5. The van der Waals surface area contributed by atoms with Crippen molar-refractivity contribution in [2.24, 2.45) is 5.92 Å². The van der Waals surface area contributed by atoms with Crippen molar-refractivity contribution in [3.05, 3.63) is 12.2 Å². The molecule has 0 amide bonds. The fraction of sp³-hybridized carbons (Fsp3) is 0.818. The molecule has 2 fully saturated rings. The summed E-state index contributed by atoms with van der Waals surface area (Å²) in [6.45, 7) is 7.63. The Hall–Kier alpha value is -0.340. The summed E-state index contributed by atoms with van der Waals surface area (Å²) in [5.74, 6) is 0.133.